The van der Waals surface area contributed by atoms with Crippen LogP contribution in [0.5, 0.6) is 0 Å². The average Bonchev–Trinajstić information content (AvgIpc) is 2.42. The van der Waals surface area contributed by atoms with Crippen molar-refractivity contribution in [3.63, 3.8) is 0 Å². The molecule has 0 aromatic heterocycles. The number of carbonyl (C=O) groups excluding carboxylic acids is 2. The van der Waals surface area contributed by atoms with Gasteiger partial charge in [0.05, 0.1) is 0 Å². The lowest BCUT2D eigenvalue weighted by atomic mass is 9.82. The summed E-state index contributed by atoms with van der Waals surface area (Å²) in [5.41, 5.74) is 0. The van der Waals surface area contributed by atoms with E-state index < -0.39 is 0 Å². The van der Waals surface area contributed by atoms with E-state index in [0.29, 0.717) is 6.42 Å². The van der Waals surface area contributed by atoms with Crippen LogP contribution in [0.25, 0.3) is 0 Å². The monoisotopic (exact) mass is 267 g/mol. The predicted octanol–water partition coefficient (Wildman–Crippen LogP) is 3.47. The number of carbonyl (C=O) groups is 2. The molecule has 0 unspecified atom stereocenters. The first kappa shape index (κ1) is 16.2. The first-order valence-electron chi connectivity index (χ1n) is 7.95. The Morgan fingerprint density at radius 1 is 1.05 bits per heavy atom. The molecule has 1 aliphatic rings. The Morgan fingerprint density at radius 3 is 2.37 bits per heavy atom. The first-order valence-corrected chi connectivity index (χ1v) is 7.95. The summed E-state index contributed by atoms with van der Waals surface area (Å²) in [5.74, 6) is 1.34. The van der Waals surface area contributed by atoms with E-state index >= 15 is 0 Å². The van der Waals surface area contributed by atoms with Gasteiger partial charge in [-0.05, 0) is 44.4 Å². The highest BCUT2D eigenvalue weighted by molar-refractivity contribution is 5.78. The summed E-state index contributed by atoms with van der Waals surface area (Å²) < 4.78 is 0. The number of aldehydes is 1. The molecule has 0 spiro atoms. The maximum absolute atomic E-state index is 11.9. The lowest BCUT2D eigenvalue weighted by Crippen LogP contribution is -2.33. The molecule has 110 valence electrons. The van der Waals surface area contributed by atoms with Crippen LogP contribution < -0.4 is 5.32 Å². The van der Waals surface area contributed by atoms with Gasteiger partial charge in [-0.1, -0.05) is 26.2 Å². The predicted molar refractivity (Wildman–Crippen MR) is 77.9 cm³/mol. The van der Waals surface area contributed by atoms with E-state index in [0.717, 1.165) is 57.3 Å². The molecule has 0 aromatic carbocycles. The fourth-order valence-electron chi connectivity index (χ4n) is 2.76. The summed E-state index contributed by atoms with van der Waals surface area (Å²) in [6.45, 7) is 3.09. The van der Waals surface area contributed by atoms with E-state index in [9.17, 15) is 9.59 Å². The van der Waals surface area contributed by atoms with Crippen molar-refractivity contribution in [2.75, 3.05) is 6.54 Å². The Bertz CT molecular complexity index is 257. The number of hydrogen-bond acceptors (Lipinski definition) is 2. The zero-order chi connectivity index (χ0) is 13.9. The van der Waals surface area contributed by atoms with E-state index in [-0.39, 0.29) is 11.8 Å². The Balaban J connectivity index is 1.94. The molecule has 1 amide bonds. The molecule has 0 saturated heterocycles. The quantitative estimate of drug-likeness (QED) is 0.513. The zero-order valence-electron chi connectivity index (χ0n) is 12.3. The van der Waals surface area contributed by atoms with Crippen molar-refractivity contribution in [3.05, 3.63) is 0 Å². The molecule has 3 heteroatoms. The van der Waals surface area contributed by atoms with Crippen molar-refractivity contribution in [1.29, 1.82) is 0 Å². The summed E-state index contributed by atoms with van der Waals surface area (Å²) in [5, 5.41) is 3.07. The van der Waals surface area contributed by atoms with Gasteiger partial charge >= 0.3 is 0 Å². The zero-order valence-corrected chi connectivity index (χ0v) is 12.3. The Morgan fingerprint density at radius 2 is 1.68 bits per heavy atom. The van der Waals surface area contributed by atoms with Gasteiger partial charge < -0.3 is 10.1 Å². The lowest BCUT2D eigenvalue weighted by molar-refractivity contribution is -0.126. The van der Waals surface area contributed by atoms with Crippen molar-refractivity contribution in [1.82, 2.24) is 5.32 Å². The van der Waals surface area contributed by atoms with Crippen molar-refractivity contribution in [3.8, 4) is 0 Å². The third-order valence-electron chi connectivity index (χ3n) is 4.18. The van der Waals surface area contributed by atoms with Gasteiger partial charge in [-0.25, -0.2) is 0 Å². The van der Waals surface area contributed by atoms with Crippen LogP contribution in [0.2, 0.25) is 0 Å². The second kappa shape index (κ2) is 9.99. The van der Waals surface area contributed by atoms with E-state index in [2.05, 4.69) is 12.2 Å². The third-order valence-corrected chi connectivity index (χ3v) is 4.18. The third kappa shape index (κ3) is 7.34. The van der Waals surface area contributed by atoms with Gasteiger partial charge in [-0.2, -0.15) is 0 Å². The second-order valence-electron chi connectivity index (χ2n) is 5.97. The second-order valence-corrected chi connectivity index (χ2v) is 5.97. The minimum Gasteiger partial charge on any atom is -0.356 e. The van der Waals surface area contributed by atoms with Gasteiger partial charge in [-0.3, -0.25) is 4.79 Å². The number of nitrogens with one attached hydrogen (secondary N) is 1. The van der Waals surface area contributed by atoms with Crippen LogP contribution in [0.3, 0.4) is 0 Å². The molecule has 0 bridgehead atoms. The van der Waals surface area contributed by atoms with E-state index in [1.807, 2.05) is 0 Å². The molecule has 1 saturated carbocycles. The minimum absolute atomic E-state index is 0.267. The van der Waals surface area contributed by atoms with Crippen molar-refractivity contribution >= 4 is 12.2 Å². The number of unbranched alkanes of at least 4 members (excludes halogenated alkanes) is 5. The molecule has 0 atom stereocenters. The lowest BCUT2D eigenvalue weighted by Gasteiger charge is -2.25. The molecule has 19 heavy (non-hydrogen) atoms. The maximum Gasteiger partial charge on any atom is 0.223 e. The van der Waals surface area contributed by atoms with Crippen LogP contribution in [0.15, 0.2) is 0 Å². The largest absolute Gasteiger partial charge is 0.356 e. The molecule has 3 nitrogen and oxygen atoms in total. The molecule has 1 rings (SSSR count). The molecule has 1 aliphatic carbocycles. The molecule has 0 heterocycles. The van der Waals surface area contributed by atoms with Crippen molar-refractivity contribution < 1.29 is 9.59 Å². The molecule has 0 radical (unpaired) electrons. The van der Waals surface area contributed by atoms with E-state index in [1.54, 1.807) is 0 Å². The number of hydrogen-bond donors (Lipinski definition) is 1. The van der Waals surface area contributed by atoms with Gasteiger partial charge in [0.1, 0.15) is 6.29 Å². The van der Waals surface area contributed by atoms with E-state index in [1.165, 1.54) is 19.3 Å². The SMILES string of the molecule is CC1CCC(C(=O)NCCCCCCCC=O)CC1. The smallest absolute Gasteiger partial charge is 0.223 e. The minimum atomic E-state index is 0.267. The average molecular weight is 267 g/mol. The van der Waals surface area contributed by atoms with Crippen LogP contribution in [-0.4, -0.2) is 18.7 Å². The fourth-order valence-corrected chi connectivity index (χ4v) is 2.76. The van der Waals surface area contributed by atoms with Crippen LogP contribution in [0, 0.1) is 11.8 Å². The highest BCUT2D eigenvalue weighted by Crippen LogP contribution is 2.28. The van der Waals surface area contributed by atoms with Gasteiger partial charge in [0.2, 0.25) is 5.91 Å². The summed E-state index contributed by atoms with van der Waals surface area (Å²) in [6, 6.07) is 0. The normalized spacial score (nSPS) is 23.0. The highest BCUT2D eigenvalue weighted by Gasteiger charge is 2.23. The number of amides is 1. The Hall–Kier alpha value is -0.860. The molecule has 1 N–H and O–H groups in total. The fraction of sp³-hybridized carbons (Fsp3) is 0.875. The van der Waals surface area contributed by atoms with E-state index in [4.69, 9.17) is 0 Å². The Kier molecular flexibility index (Phi) is 8.52. The molecular weight excluding hydrogens is 238 g/mol. The van der Waals surface area contributed by atoms with Crippen LogP contribution in [0.1, 0.15) is 71.1 Å². The van der Waals surface area contributed by atoms with Gasteiger partial charge in [0.15, 0.2) is 0 Å². The summed E-state index contributed by atoms with van der Waals surface area (Å²) in [4.78, 5) is 22.1. The summed E-state index contributed by atoms with van der Waals surface area (Å²) in [6.07, 6.45) is 11.8. The molecular formula is C16H29NO2. The van der Waals surface area contributed by atoms with Crippen molar-refractivity contribution in [2.24, 2.45) is 11.8 Å². The first-order chi connectivity index (χ1) is 9.24. The van der Waals surface area contributed by atoms with Gasteiger partial charge in [0.25, 0.3) is 0 Å². The number of rotatable bonds is 9. The Labute approximate surface area is 117 Å². The molecule has 1 fully saturated rings. The summed E-state index contributed by atoms with van der Waals surface area (Å²) in [7, 11) is 0. The highest BCUT2D eigenvalue weighted by atomic mass is 16.1. The van der Waals surface area contributed by atoms with Crippen LogP contribution >= 0.6 is 0 Å². The van der Waals surface area contributed by atoms with Crippen LogP contribution in [0.4, 0.5) is 0 Å². The molecule has 0 aliphatic heterocycles. The van der Waals surface area contributed by atoms with Crippen molar-refractivity contribution in [2.45, 2.75) is 71.1 Å². The van der Waals surface area contributed by atoms with Gasteiger partial charge in [0, 0.05) is 18.9 Å². The molecule has 0 aromatic rings. The topological polar surface area (TPSA) is 46.2 Å². The maximum atomic E-state index is 11.9. The standard InChI is InChI=1S/C16H29NO2/c1-14-8-10-15(11-9-14)16(19)17-12-6-4-2-3-5-7-13-18/h13-15H,2-12H2,1H3,(H,17,19). The summed E-state index contributed by atoms with van der Waals surface area (Å²) >= 11 is 0. The van der Waals surface area contributed by atoms with Gasteiger partial charge in [-0.15, -0.1) is 0 Å². The van der Waals surface area contributed by atoms with Crippen LogP contribution in [-0.2, 0) is 9.59 Å².